The molecule has 1 heterocycles. The molecule has 2 rings (SSSR count). The highest BCUT2D eigenvalue weighted by atomic mass is 16.5. The van der Waals surface area contributed by atoms with E-state index >= 15 is 0 Å². The lowest BCUT2D eigenvalue weighted by Crippen LogP contribution is -2.30. The molecule has 0 aliphatic rings. The van der Waals surface area contributed by atoms with Gasteiger partial charge >= 0.3 is 5.97 Å². The van der Waals surface area contributed by atoms with Gasteiger partial charge in [-0.15, -0.1) is 0 Å². The summed E-state index contributed by atoms with van der Waals surface area (Å²) < 4.78 is 6.93. The van der Waals surface area contributed by atoms with Crippen LogP contribution in [0.1, 0.15) is 29.8 Å². The van der Waals surface area contributed by atoms with Crippen LogP contribution in [0.15, 0.2) is 36.5 Å². The SMILES string of the molecule is CCOC(=O)C(NCc1ccccc1)c1cnn(C)c1C. The van der Waals surface area contributed by atoms with E-state index < -0.39 is 6.04 Å². The van der Waals surface area contributed by atoms with Gasteiger partial charge in [0, 0.05) is 24.8 Å². The quantitative estimate of drug-likeness (QED) is 0.827. The fraction of sp³-hybridized carbons (Fsp3) is 0.375. The third-order valence-electron chi connectivity index (χ3n) is 3.46. The van der Waals surface area contributed by atoms with Crippen molar-refractivity contribution in [1.29, 1.82) is 0 Å². The lowest BCUT2D eigenvalue weighted by molar-refractivity contribution is -0.145. The van der Waals surface area contributed by atoms with Crippen molar-refractivity contribution in [3.63, 3.8) is 0 Å². The van der Waals surface area contributed by atoms with Gasteiger partial charge in [0.2, 0.25) is 0 Å². The van der Waals surface area contributed by atoms with Crippen LogP contribution in [0.25, 0.3) is 0 Å². The highest BCUT2D eigenvalue weighted by Gasteiger charge is 2.25. The summed E-state index contributed by atoms with van der Waals surface area (Å²) in [5.74, 6) is -0.274. The van der Waals surface area contributed by atoms with Crippen molar-refractivity contribution in [3.05, 3.63) is 53.3 Å². The van der Waals surface area contributed by atoms with Gasteiger partial charge in [0.25, 0.3) is 0 Å². The Hall–Kier alpha value is -2.14. The molecule has 0 saturated carbocycles. The fourth-order valence-corrected chi connectivity index (χ4v) is 2.16. The maximum Gasteiger partial charge on any atom is 0.327 e. The van der Waals surface area contributed by atoms with Gasteiger partial charge in [-0.1, -0.05) is 30.3 Å². The summed E-state index contributed by atoms with van der Waals surface area (Å²) in [7, 11) is 1.86. The van der Waals surface area contributed by atoms with Crippen molar-refractivity contribution in [2.75, 3.05) is 6.61 Å². The molecule has 0 saturated heterocycles. The first-order chi connectivity index (χ1) is 10.1. The first kappa shape index (κ1) is 15.3. The molecule has 1 N–H and O–H groups in total. The second-order valence-electron chi connectivity index (χ2n) is 4.86. The van der Waals surface area contributed by atoms with E-state index in [9.17, 15) is 4.79 Å². The number of aryl methyl sites for hydroxylation is 1. The van der Waals surface area contributed by atoms with E-state index in [1.807, 2.05) is 51.2 Å². The van der Waals surface area contributed by atoms with Crippen molar-refractivity contribution in [1.82, 2.24) is 15.1 Å². The smallest absolute Gasteiger partial charge is 0.327 e. The number of rotatable bonds is 6. The summed E-state index contributed by atoms with van der Waals surface area (Å²) in [5, 5.41) is 7.47. The maximum atomic E-state index is 12.2. The number of carbonyl (C=O) groups excluding carboxylic acids is 1. The minimum Gasteiger partial charge on any atom is -0.465 e. The van der Waals surface area contributed by atoms with Gasteiger partial charge in [0.05, 0.1) is 12.8 Å². The van der Waals surface area contributed by atoms with E-state index in [2.05, 4.69) is 10.4 Å². The molecule has 0 bridgehead atoms. The highest BCUT2D eigenvalue weighted by molar-refractivity contribution is 5.77. The van der Waals surface area contributed by atoms with E-state index in [1.165, 1.54) is 0 Å². The third-order valence-corrected chi connectivity index (χ3v) is 3.46. The predicted octanol–water partition coefficient (Wildman–Crippen LogP) is 2.12. The van der Waals surface area contributed by atoms with Gasteiger partial charge in [-0.3, -0.25) is 10.00 Å². The summed E-state index contributed by atoms with van der Waals surface area (Å²) in [4.78, 5) is 12.2. The molecule has 112 valence electrons. The number of esters is 1. The number of carbonyl (C=O) groups is 1. The zero-order valence-corrected chi connectivity index (χ0v) is 12.7. The standard InChI is InChI=1S/C16H21N3O2/c1-4-21-16(20)15(14-11-18-19(3)12(14)2)17-10-13-8-6-5-7-9-13/h5-9,11,15,17H,4,10H2,1-3H3. The Bertz CT molecular complexity index is 593. The molecule has 0 aliphatic heterocycles. The van der Waals surface area contributed by atoms with E-state index in [0.29, 0.717) is 13.2 Å². The minimum absolute atomic E-state index is 0.274. The number of ether oxygens (including phenoxy) is 1. The summed E-state index contributed by atoms with van der Waals surface area (Å²) in [6, 6.07) is 9.46. The van der Waals surface area contributed by atoms with E-state index in [-0.39, 0.29) is 5.97 Å². The minimum atomic E-state index is -0.501. The molecule has 5 heteroatoms. The molecule has 0 amide bonds. The Morgan fingerprint density at radius 1 is 1.38 bits per heavy atom. The normalized spacial score (nSPS) is 12.1. The number of aromatic nitrogens is 2. The second kappa shape index (κ2) is 7.04. The topological polar surface area (TPSA) is 56.1 Å². The van der Waals surface area contributed by atoms with Gasteiger partial charge < -0.3 is 4.74 Å². The van der Waals surface area contributed by atoms with Crippen LogP contribution in [0.2, 0.25) is 0 Å². The molecule has 0 aliphatic carbocycles. The lowest BCUT2D eigenvalue weighted by Gasteiger charge is -2.17. The zero-order valence-electron chi connectivity index (χ0n) is 12.7. The van der Waals surface area contributed by atoms with Crippen LogP contribution in [0.4, 0.5) is 0 Å². The largest absolute Gasteiger partial charge is 0.465 e. The molecule has 21 heavy (non-hydrogen) atoms. The van der Waals surface area contributed by atoms with Crippen molar-refractivity contribution in [2.45, 2.75) is 26.4 Å². The Kier molecular flexibility index (Phi) is 5.11. The van der Waals surface area contributed by atoms with Crippen LogP contribution in [0, 0.1) is 6.92 Å². The van der Waals surface area contributed by atoms with Crippen molar-refractivity contribution < 1.29 is 9.53 Å². The average Bonchev–Trinajstić information content (AvgIpc) is 2.81. The molecule has 1 aromatic heterocycles. The first-order valence-corrected chi connectivity index (χ1v) is 7.06. The molecular weight excluding hydrogens is 266 g/mol. The molecule has 0 spiro atoms. The first-order valence-electron chi connectivity index (χ1n) is 7.06. The average molecular weight is 287 g/mol. The molecule has 5 nitrogen and oxygen atoms in total. The van der Waals surface area contributed by atoms with Crippen LogP contribution < -0.4 is 5.32 Å². The van der Waals surface area contributed by atoms with Crippen LogP contribution in [-0.2, 0) is 23.1 Å². The van der Waals surface area contributed by atoms with Gasteiger partial charge in [-0.2, -0.15) is 5.10 Å². The molecule has 0 radical (unpaired) electrons. The van der Waals surface area contributed by atoms with Gasteiger partial charge in [0.1, 0.15) is 6.04 Å². The molecule has 1 atom stereocenters. The summed E-state index contributed by atoms with van der Waals surface area (Å²) in [6.45, 7) is 4.71. The Labute approximate surface area is 124 Å². The third kappa shape index (κ3) is 3.70. The Morgan fingerprint density at radius 3 is 2.67 bits per heavy atom. The Morgan fingerprint density at radius 2 is 2.10 bits per heavy atom. The van der Waals surface area contributed by atoms with Crippen LogP contribution in [0.3, 0.4) is 0 Å². The predicted molar refractivity (Wildman–Crippen MR) is 80.6 cm³/mol. The summed E-state index contributed by atoms with van der Waals surface area (Å²) in [5.41, 5.74) is 2.92. The number of benzene rings is 1. The molecule has 0 fully saturated rings. The number of nitrogens with zero attached hydrogens (tertiary/aromatic N) is 2. The monoisotopic (exact) mass is 287 g/mol. The van der Waals surface area contributed by atoms with Gasteiger partial charge in [-0.05, 0) is 19.4 Å². The number of nitrogens with one attached hydrogen (secondary N) is 1. The van der Waals surface area contributed by atoms with Gasteiger partial charge in [0.15, 0.2) is 0 Å². The summed E-state index contributed by atoms with van der Waals surface area (Å²) >= 11 is 0. The van der Waals surface area contributed by atoms with Crippen molar-refractivity contribution in [2.24, 2.45) is 7.05 Å². The van der Waals surface area contributed by atoms with E-state index in [0.717, 1.165) is 16.8 Å². The maximum absolute atomic E-state index is 12.2. The van der Waals surface area contributed by atoms with E-state index in [4.69, 9.17) is 4.74 Å². The Balaban J connectivity index is 2.16. The van der Waals surface area contributed by atoms with Gasteiger partial charge in [-0.25, -0.2) is 4.79 Å². The van der Waals surface area contributed by atoms with Crippen LogP contribution in [0.5, 0.6) is 0 Å². The fourth-order valence-electron chi connectivity index (χ4n) is 2.16. The molecule has 2 aromatic rings. The lowest BCUT2D eigenvalue weighted by atomic mass is 10.1. The van der Waals surface area contributed by atoms with E-state index in [1.54, 1.807) is 10.9 Å². The molecule has 1 unspecified atom stereocenters. The molecule has 1 aromatic carbocycles. The number of hydrogen-bond acceptors (Lipinski definition) is 4. The van der Waals surface area contributed by atoms with Crippen molar-refractivity contribution >= 4 is 5.97 Å². The van der Waals surface area contributed by atoms with Crippen LogP contribution in [-0.4, -0.2) is 22.4 Å². The second-order valence-corrected chi connectivity index (χ2v) is 4.86. The summed E-state index contributed by atoms with van der Waals surface area (Å²) in [6.07, 6.45) is 1.72. The number of hydrogen-bond donors (Lipinski definition) is 1. The zero-order chi connectivity index (χ0) is 15.2. The highest BCUT2D eigenvalue weighted by Crippen LogP contribution is 2.19. The van der Waals surface area contributed by atoms with Crippen molar-refractivity contribution in [3.8, 4) is 0 Å². The van der Waals surface area contributed by atoms with Crippen LogP contribution >= 0.6 is 0 Å². The molecular formula is C16H21N3O2.